The van der Waals surface area contributed by atoms with Gasteiger partial charge in [-0.25, -0.2) is 4.79 Å². The number of hydrogen-bond acceptors (Lipinski definition) is 59. The van der Waals surface area contributed by atoms with Crippen molar-refractivity contribution in [1.29, 1.82) is 0 Å². The van der Waals surface area contributed by atoms with Crippen molar-refractivity contribution >= 4 is 41.4 Å². The molecule has 6 amide bonds. The zero-order valence-corrected chi connectivity index (χ0v) is 78.9. The molecule has 39 N–H and O–H groups in total. The van der Waals surface area contributed by atoms with E-state index >= 15 is 0 Å². The Morgan fingerprint density at radius 2 is 0.633 bits per heavy atom. The Hall–Kier alpha value is -5.79. The van der Waals surface area contributed by atoms with E-state index in [0.717, 1.165) is 34.6 Å². The maximum absolute atomic E-state index is 13.5. The first-order valence-electron chi connectivity index (χ1n) is 46.4. The first kappa shape index (κ1) is 123. The predicted molar refractivity (Wildman–Crippen MR) is 453 cm³/mol. The number of ether oxygens (including phenoxy) is 20. The zero-order valence-electron chi connectivity index (χ0n) is 78.9. The summed E-state index contributed by atoms with van der Waals surface area (Å²) in [6, 6.07) is -11.9. The largest absolute Gasteiger partial charge is 0.477 e. The number of carbonyl (C=O) groups is 7. The van der Waals surface area contributed by atoms with Gasteiger partial charge in [0.15, 0.2) is 56.6 Å². The Morgan fingerprint density at radius 1 is 0.320 bits per heavy atom. The van der Waals surface area contributed by atoms with Crippen LogP contribution in [-0.4, -0.2) is 633 Å². The summed E-state index contributed by atoms with van der Waals surface area (Å²) >= 11 is 0. The number of aliphatic carboxylic acids is 1. The van der Waals surface area contributed by atoms with Crippen LogP contribution in [0.4, 0.5) is 0 Å². The molecule has 66 heteroatoms. The minimum atomic E-state index is -3.38. The molecular formula is C81H136N6O60. The average Bonchev–Trinajstić information content (AvgIpc) is 0.701. The van der Waals surface area contributed by atoms with Crippen molar-refractivity contribution in [3.8, 4) is 0 Å². The molecule has 0 aromatic carbocycles. The van der Waals surface area contributed by atoms with Gasteiger partial charge in [-0.3, -0.25) is 28.8 Å². The quantitative estimate of drug-likeness (QED) is 0.0269. The smallest absolute Gasteiger partial charge is 0.364 e. The normalized spacial score (nSPS) is 44.5. The number of hydrogen-bond donors (Lipinski definition) is 39. The minimum absolute atomic E-state index is 0.844. The molecule has 850 valence electrons. The van der Waals surface area contributed by atoms with Crippen LogP contribution < -0.4 is 31.9 Å². The zero-order chi connectivity index (χ0) is 109. The highest BCUT2D eigenvalue weighted by Crippen LogP contribution is 2.44. The van der Waals surface area contributed by atoms with E-state index in [1.807, 2.05) is 0 Å². The summed E-state index contributed by atoms with van der Waals surface area (Å²) in [6.45, 7) is -11.2. The number of carbonyl (C=O) groups excluding carboxylic acids is 6. The van der Waals surface area contributed by atoms with Gasteiger partial charge in [-0.1, -0.05) is 0 Å². The summed E-state index contributed by atoms with van der Waals surface area (Å²) in [5.41, 5.74) is 0. The molecule has 10 rings (SSSR count). The first-order valence-corrected chi connectivity index (χ1v) is 46.4. The van der Waals surface area contributed by atoms with Gasteiger partial charge in [-0.15, -0.1) is 0 Å². The van der Waals surface area contributed by atoms with Crippen LogP contribution in [0.3, 0.4) is 0 Å². The summed E-state index contributed by atoms with van der Waals surface area (Å²) in [5, 5.41) is 382. The fourth-order valence-corrected chi connectivity index (χ4v) is 18.6. The monoisotopic (exact) mass is 2150 g/mol. The van der Waals surface area contributed by atoms with Crippen LogP contribution in [0.1, 0.15) is 41.0 Å². The summed E-state index contributed by atoms with van der Waals surface area (Å²) in [7, 11) is 0. The molecule has 0 unspecified atom stereocenters. The third-order valence-corrected chi connectivity index (χ3v) is 26.1. The first-order chi connectivity index (χ1) is 69.4. The molecule has 0 aromatic heterocycles. The Labute approximate surface area is 831 Å². The van der Waals surface area contributed by atoms with Gasteiger partial charge in [0.05, 0.1) is 97.5 Å². The summed E-state index contributed by atoms with van der Waals surface area (Å²) in [5.74, 6) is -11.8. The van der Waals surface area contributed by atoms with E-state index in [-0.39, 0.29) is 0 Å². The number of nitrogens with one attached hydrogen (secondary N) is 6. The highest BCUT2D eigenvalue weighted by Gasteiger charge is 2.65. The molecule has 0 radical (unpaired) electrons. The van der Waals surface area contributed by atoms with E-state index in [1.165, 1.54) is 0 Å². The number of rotatable bonds is 45. The molecule has 10 aliphatic heterocycles. The second kappa shape index (κ2) is 54.5. The van der Waals surface area contributed by atoms with E-state index < -0.39 is 470 Å². The molecule has 55 atom stereocenters. The van der Waals surface area contributed by atoms with Gasteiger partial charge < -0.3 is 295 Å². The lowest BCUT2D eigenvalue weighted by Gasteiger charge is -2.51. The maximum atomic E-state index is 13.5. The fourth-order valence-electron chi connectivity index (χ4n) is 18.6. The SMILES string of the molecule is CC(=O)N[C@H]1[C@H](OC[C@H]2O[C@@H](O[C@H]3[C@H](O)[C@@H](NC(C)=O)[C@H](O[C@H]4[C@@H](O)[C@@H](CO)O[C@@H](O[C@@H]([C@@H](O)[C@H](O)CO)[C@H](CO)NC(C)=O)[C@@H]4O)O[C@@H]3CO)[C@H](O)[C@@H](O[C@@H]3O[C@H](CO)[C@@H](O[C@@H]4O[C@H](CO)[C@H](O)[C@H](O[C@@H]5O[C@H](CO)[C@@H](O[C@@H]6O[C@H](CO)[C@H](O)[C@H](O[C@]7(C(=O)O)C[C@H](O)[C@@H](NC(=O)CO)[C@H]([C@H](O)[C@H](O)CO)O7)[C@H]6O)[C@H](O)[C@H]5NC(C)=O)[C@H]4O)[C@H](O)[C@H]3NC(C)=O)[C@H]2O)O[C@H](CO)[C@@H](O[C@@H]2O[C@H](CO)[C@H](O)[C@H](O)[C@H]2O)[C@@H]1O. The second-order valence-electron chi connectivity index (χ2n) is 36.5. The third kappa shape index (κ3) is 28.2. The van der Waals surface area contributed by atoms with Gasteiger partial charge in [0, 0.05) is 41.0 Å². The Bertz CT molecular complexity index is 4130. The van der Waals surface area contributed by atoms with Crippen molar-refractivity contribution in [3.63, 3.8) is 0 Å². The van der Waals surface area contributed by atoms with Crippen molar-refractivity contribution in [1.82, 2.24) is 31.9 Å². The van der Waals surface area contributed by atoms with Gasteiger partial charge in [-0.2, -0.15) is 0 Å². The maximum Gasteiger partial charge on any atom is 0.364 e. The molecule has 0 aromatic rings. The van der Waals surface area contributed by atoms with Crippen molar-refractivity contribution in [2.75, 3.05) is 85.9 Å². The van der Waals surface area contributed by atoms with Gasteiger partial charge in [0.25, 0.3) is 5.79 Å². The number of aliphatic hydroxyl groups excluding tert-OH is 32. The average molecular weight is 2150 g/mol. The second-order valence-corrected chi connectivity index (χ2v) is 36.5. The number of carboxylic acid groups (broad SMARTS) is 1. The number of aliphatic hydroxyl groups is 32. The van der Waals surface area contributed by atoms with E-state index in [1.54, 1.807) is 0 Å². The third-order valence-electron chi connectivity index (χ3n) is 26.1. The molecule has 0 bridgehead atoms. The van der Waals surface area contributed by atoms with Crippen LogP contribution in [0.2, 0.25) is 0 Å². The van der Waals surface area contributed by atoms with Gasteiger partial charge >= 0.3 is 5.97 Å². The van der Waals surface area contributed by atoms with E-state index in [4.69, 9.17) is 94.7 Å². The molecule has 0 spiro atoms. The molecule has 10 saturated heterocycles. The van der Waals surface area contributed by atoms with Gasteiger partial charge in [0.2, 0.25) is 35.4 Å². The van der Waals surface area contributed by atoms with Crippen LogP contribution in [0.5, 0.6) is 0 Å². The molecule has 147 heavy (non-hydrogen) atoms. The van der Waals surface area contributed by atoms with Crippen LogP contribution in [-0.2, 0) is 128 Å². The standard InChI is InChI=1S/C81H136N6O60/c1-20(100)82-25(7-88)61(44(109)27(106)8-89)138-76-57(122)67(47(112)30(11-92)130-76)143-72-41(84-22(3)102)53(118)64(35(16-97)134-72)141-78-59(124)69(50(115)37(137-78)19-128-71-40(83-21(2)101)51(116)62(33(14-95)133-71)139-75-56(121)55(120)46(111)29(10-91)129-75)145-74-43(86-24(5)104)52(117)63(34(15-96)136-74)140-77-58(123)68(48(113)31(12-93)131-77)144-73-42(85-23(4)103)54(119)65(36(17-98)135-73)142-79-60(125)70(49(114)32(13-94)132-79)147-81(80(126)127)6-26(105)39(87-38(108)18-99)66(146-81)45(110)28(107)9-90/h25-37,39-79,88-99,105-107,109-125H,6-19H2,1-5H3,(H,82,100)(H,83,101)(H,84,102)(H,85,103)(H,86,104)(H,87,108)(H,126,127)/t25-,26-,27+,28+,29+,30+,31+,32+,33+,34+,35+,36+,37+,39+,40+,41+,42+,43+,44-,45+,46-,47-,48-,49-,50-,51+,52+,53+,54+,55-,56+,57+,58+,59+,60+,61+,62+,63+,64+,65+,66+,67-,68-,69-,70-,71+,72-,73-,74-,75-,76-,77-,78-,79-,81-/m0/s1. The van der Waals surface area contributed by atoms with Crippen LogP contribution in [0, 0.1) is 0 Å². The highest BCUT2D eigenvalue weighted by molar-refractivity contribution is 5.78. The van der Waals surface area contributed by atoms with Crippen molar-refractivity contribution in [2.45, 2.75) is 378 Å². The van der Waals surface area contributed by atoms with Crippen molar-refractivity contribution < 1.29 is 297 Å². The van der Waals surface area contributed by atoms with Crippen molar-refractivity contribution in [3.05, 3.63) is 0 Å². The van der Waals surface area contributed by atoms with Gasteiger partial charge in [-0.05, 0) is 0 Å². The number of amides is 6. The molecule has 0 aliphatic carbocycles. The Kier molecular flexibility index (Phi) is 45.6. The topological polar surface area (TPSA) is 1040 Å². The van der Waals surface area contributed by atoms with Gasteiger partial charge in [0.1, 0.15) is 263 Å². The van der Waals surface area contributed by atoms with Crippen molar-refractivity contribution in [2.24, 2.45) is 0 Å². The molecule has 0 saturated carbocycles. The molecule has 10 fully saturated rings. The minimum Gasteiger partial charge on any atom is -0.477 e. The lowest BCUT2D eigenvalue weighted by molar-refractivity contribution is -0.392. The lowest BCUT2D eigenvalue weighted by Crippen LogP contribution is -2.71. The molecular weight excluding hydrogens is 2020 g/mol. The van der Waals surface area contributed by atoms with Crippen LogP contribution >= 0.6 is 0 Å². The van der Waals surface area contributed by atoms with Crippen LogP contribution in [0.25, 0.3) is 0 Å². The summed E-state index contributed by atoms with van der Waals surface area (Å²) < 4.78 is 119. The summed E-state index contributed by atoms with van der Waals surface area (Å²) in [4.78, 5) is 90.8. The lowest BCUT2D eigenvalue weighted by atomic mass is 9.88. The number of carboxylic acids is 1. The predicted octanol–water partition coefficient (Wildman–Crippen LogP) is -26.3. The molecule has 66 nitrogen and oxygen atoms in total. The molecule has 10 heterocycles. The highest BCUT2D eigenvalue weighted by atomic mass is 16.8. The van der Waals surface area contributed by atoms with E-state index in [9.17, 15) is 202 Å². The Morgan fingerprint density at radius 3 is 0.980 bits per heavy atom. The van der Waals surface area contributed by atoms with E-state index in [2.05, 4.69) is 31.9 Å². The Balaban J connectivity index is 0.927. The fraction of sp³-hybridized carbons (Fsp3) is 0.914. The molecule has 10 aliphatic rings. The summed E-state index contributed by atoms with van der Waals surface area (Å²) in [6.07, 6.45) is -108. The van der Waals surface area contributed by atoms with Crippen LogP contribution in [0.15, 0.2) is 0 Å². The van der Waals surface area contributed by atoms with E-state index in [0.29, 0.717) is 0 Å².